The number of rotatable bonds is 5. The van der Waals surface area contributed by atoms with E-state index in [1.54, 1.807) is 6.07 Å². The number of carbonyl (C=O) groups is 1. The Hall–Kier alpha value is -3.41. The van der Waals surface area contributed by atoms with Crippen LogP contribution < -0.4 is 10.6 Å². The van der Waals surface area contributed by atoms with Crippen molar-refractivity contribution in [3.63, 3.8) is 0 Å². The van der Waals surface area contributed by atoms with Crippen molar-refractivity contribution in [2.75, 3.05) is 6.54 Å². The Kier molecular flexibility index (Phi) is 7.39. The number of hydrogen-bond acceptors (Lipinski definition) is 4. The SMILES string of the molecule is N#Cc1ccc(-c2ccccc2)cc1[C@H](NC(=O)c1nccc(C(F)(F)F)c1Cl)[C@@H]1CCCCN1. The molecule has 0 bridgehead atoms. The molecule has 9 heteroatoms. The summed E-state index contributed by atoms with van der Waals surface area (Å²) in [5.74, 6) is -0.840. The van der Waals surface area contributed by atoms with Crippen molar-refractivity contribution in [3.8, 4) is 17.2 Å². The zero-order valence-corrected chi connectivity index (χ0v) is 19.3. The number of hydrogen-bond donors (Lipinski definition) is 2. The molecular formula is C26H22ClF3N4O. The van der Waals surface area contributed by atoms with E-state index in [1.807, 2.05) is 42.5 Å². The van der Waals surface area contributed by atoms with Crippen molar-refractivity contribution < 1.29 is 18.0 Å². The molecule has 2 N–H and O–H groups in total. The van der Waals surface area contributed by atoms with E-state index in [4.69, 9.17) is 11.6 Å². The molecule has 0 spiro atoms. The first-order valence-electron chi connectivity index (χ1n) is 11.1. The molecule has 1 aromatic heterocycles. The van der Waals surface area contributed by atoms with Crippen LogP contribution in [0.5, 0.6) is 0 Å². The van der Waals surface area contributed by atoms with Crippen LogP contribution in [0.2, 0.25) is 5.02 Å². The van der Waals surface area contributed by atoms with E-state index in [0.717, 1.165) is 49.2 Å². The number of benzene rings is 2. The molecule has 3 aromatic rings. The number of nitrogens with zero attached hydrogens (tertiary/aromatic N) is 2. The minimum atomic E-state index is -4.72. The van der Waals surface area contributed by atoms with Crippen molar-refractivity contribution in [1.82, 2.24) is 15.6 Å². The predicted octanol–water partition coefficient (Wildman–Crippen LogP) is 5.91. The van der Waals surface area contributed by atoms with Gasteiger partial charge >= 0.3 is 6.18 Å². The Morgan fingerprint density at radius 3 is 2.57 bits per heavy atom. The number of nitriles is 1. The fraction of sp³-hybridized carbons (Fsp3) is 0.269. The van der Waals surface area contributed by atoms with E-state index < -0.39 is 34.4 Å². The van der Waals surface area contributed by atoms with Crippen LogP contribution in [-0.4, -0.2) is 23.5 Å². The Balaban J connectivity index is 1.76. The zero-order valence-electron chi connectivity index (χ0n) is 18.6. The van der Waals surface area contributed by atoms with E-state index >= 15 is 0 Å². The number of amides is 1. The van der Waals surface area contributed by atoms with Crippen LogP contribution in [0.15, 0.2) is 60.8 Å². The van der Waals surface area contributed by atoms with Gasteiger partial charge in [-0.1, -0.05) is 54.4 Å². The first-order valence-corrected chi connectivity index (χ1v) is 11.5. The quantitative estimate of drug-likeness (QED) is 0.458. The van der Waals surface area contributed by atoms with Crippen LogP contribution in [-0.2, 0) is 6.18 Å². The second kappa shape index (κ2) is 10.5. The Morgan fingerprint density at radius 1 is 1.14 bits per heavy atom. The average Bonchev–Trinajstić information content (AvgIpc) is 2.87. The number of aromatic nitrogens is 1. The maximum atomic E-state index is 13.3. The lowest BCUT2D eigenvalue weighted by molar-refractivity contribution is -0.137. The van der Waals surface area contributed by atoms with Gasteiger partial charge < -0.3 is 10.6 Å². The molecule has 180 valence electrons. The van der Waals surface area contributed by atoms with Crippen molar-refractivity contribution in [2.45, 2.75) is 37.5 Å². The normalized spacial score (nSPS) is 16.8. The minimum Gasteiger partial charge on any atom is -0.342 e. The first-order chi connectivity index (χ1) is 16.8. The van der Waals surface area contributed by atoms with Gasteiger partial charge in [-0.05, 0) is 54.3 Å². The Labute approximate surface area is 205 Å². The zero-order chi connectivity index (χ0) is 25.0. The summed E-state index contributed by atoms with van der Waals surface area (Å²) in [6, 6.07) is 16.9. The topological polar surface area (TPSA) is 77.8 Å². The van der Waals surface area contributed by atoms with Gasteiger partial charge in [0, 0.05) is 12.2 Å². The maximum absolute atomic E-state index is 13.3. The second-order valence-electron chi connectivity index (χ2n) is 8.31. The minimum absolute atomic E-state index is 0.226. The van der Waals surface area contributed by atoms with Crippen LogP contribution >= 0.6 is 11.6 Å². The molecule has 1 fully saturated rings. The number of nitrogens with one attached hydrogen (secondary N) is 2. The molecule has 2 aromatic carbocycles. The number of piperidine rings is 1. The fourth-order valence-electron chi connectivity index (χ4n) is 4.32. The summed E-state index contributed by atoms with van der Waals surface area (Å²) in [5, 5.41) is 15.3. The summed E-state index contributed by atoms with van der Waals surface area (Å²) < 4.78 is 40.0. The van der Waals surface area contributed by atoms with Crippen LogP contribution in [0.4, 0.5) is 13.2 Å². The summed E-state index contributed by atoms with van der Waals surface area (Å²) in [7, 11) is 0. The van der Waals surface area contributed by atoms with Crippen molar-refractivity contribution in [1.29, 1.82) is 5.26 Å². The highest BCUT2D eigenvalue weighted by Gasteiger charge is 2.36. The second-order valence-corrected chi connectivity index (χ2v) is 8.68. The molecule has 0 radical (unpaired) electrons. The van der Waals surface area contributed by atoms with Gasteiger partial charge in [0.2, 0.25) is 0 Å². The molecule has 1 saturated heterocycles. The van der Waals surface area contributed by atoms with Gasteiger partial charge in [-0.3, -0.25) is 4.79 Å². The van der Waals surface area contributed by atoms with Crippen LogP contribution in [0.25, 0.3) is 11.1 Å². The lowest BCUT2D eigenvalue weighted by atomic mass is 9.88. The predicted molar refractivity (Wildman–Crippen MR) is 127 cm³/mol. The third kappa shape index (κ3) is 5.47. The van der Waals surface area contributed by atoms with Gasteiger partial charge in [0.25, 0.3) is 5.91 Å². The molecule has 1 aliphatic rings. The number of alkyl halides is 3. The van der Waals surface area contributed by atoms with Gasteiger partial charge in [0.1, 0.15) is 5.69 Å². The van der Waals surface area contributed by atoms with Gasteiger partial charge in [-0.2, -0.15) is 18.4 Å². The number of carbonyl (C=O) groups excluding carboxylic acids is 1. The Bertz CT molecular complexity index is 1250. The first kappa shape index (κ1) is 24.7. The van der Waals surface area contributed by atoms with Crippen LogP contribution in [0, 0.1) is 11.3 Å². The largest absolute Gasteiger partial charge is 0.417 e. The van der Waals surface area contributed by atoms with E-state index in [-0.39, 0.29) is 6.04 Å². The summed E-state index contributed by atoms with van der Waals surface area (Å²) in [4.78, 5) is 17.0. The molecular weight excluding hydrogens is 477 g/mol. The smallest absolute Gasteiger partial charge is 0.342 e. The molecule has 0 aliphatic carbocycles. The monoisotopic (exact) mass is 498 g/mol. The molecule has 1 amide bonds. The summed E-state index contributed by atoms with van der Waals surface area (Å²) in [5.41, 5.74) is 1.08. The van der Waals surface area contributed by atoms with Gasteiger partial charge in [-0.25, -0.2) is 4.98 Å². The average molecular weight is 499 g/mol. The summed E-state index contributed by atoms with van der Waals surface area (Å²) in [6.07, 6.45) is -1.22. The Morgan fingerprint density at radius 2 is 1.91 bits per heavy atom. The molecule has 2 atom stereocenters. The van der Waals surface area contributed by atoms with Crippen molar-refractivity contribution in [3.05, 3.63) is 88.2 Å². The summed E-state index contributed by atoms with van der Waals surface area (Å²) >= 11 is 5.96. The van der Waals surface area contributed by atoms with Gasteiger partial charge in [0.15, 0.2) is 0 Å². The van der Waals surface area contributed by atoms with Crippen molar-refractivity contribution >= 4 is 17.5 Å². The summed E-state index contributed by atoms with van der Waals surface area (Å²) in [6.45, 7) is 0.722. The van der Waals surface area contributed by atoms with E-state index in [2.05, 4.69) is 21.7 Å². The molecule has 1 aliphatic heterocycles. The molecule has 0 saturated carbocycles. The van der Waals surface area contributed by atoms with Crippen LogP contribution in [0.3, 0.4) is 0 Å². The third-order valence-electron chi connectivity index (χ3n) is 6.06. The van der Waals surface area contributed by atoms with E-state index in [0.29, 0.717) is 11.1 Å². The third-order valence-corrected chi connectivity index (χ3v) is 6.44. The van der Waals surface area contributed by atoms with Crippen molar-refractivity contribution in [2.24, 2.45) is 0 Å². The van der Waals surface area contributed by atoms with E-state index in [1.165, 1.54) is 0 Å². The van der Waals surface area contributed by atoms with Gasteiger partial charge in [-0.15, -0.1) is 0 Å². The fourth-order valence-corrected chi connectivity index (χ4v) is 4.63. The maximum Gasteiger partial charge on any atom is 0.417 e. The highest BCUT2D eigenvalue weighted by atomic mass is 35.5. The van der Waals surface area contributed by atoms with Gasteiger partial charge in [0.05, 0.1) is 28.3 Å². The number of pyridine rings is 1. The highest BCUT2D eigenvalue weighted by Crippen LogP contribution is 2.36. The lowest BCUT2D eigenvalue weighted by Gasteiger charge is -2.33. The highest BCUT2D eigenvalue weighted by molar-refractivity contribution is 6.34. The lowest BCUT2D eigenvalue weighted by Crippen LogP contribution is -2.46. The molecule has 5 nitrogen and oxygen atoms in total. The number of halogens is 4. The molecule has 35 heavy (non-hydrogen) atoms. The molecule has 2 heterocycles. The standard InChI is InChI=1S/C26H22ClF3N4O/c27-22-20(26(28,29)30)11-13-33-24(22)25(35)34-23(21-8-4-5-12-32-21)19-14-17(9-10-18(19)15-31)16-6-2-1-3-7-16/h1-3,6-7,9-11,13-14,21,23,32H,4-5,8,12H2,(H,34,35)/t21-,23-/m0/s1. The molecule has 4 rings (SSSR count). The van der Waals surface area contributed by atoms with Crippen LogP contribution in [0.1, 0.15) is 52.5 Å². The molecule has 0 unspecified atom stereocenters. The van der Waals surface area contributed by atoms with E-state index in [9.17, 15) is 23.2 Å².